The van der Waals surface area contributed by atoms with Gasteiger partial charge in [-0.05, 0) is 60.7 Å². The summed E-state index contributed by atoms with van der Waals surface area (Å²) in [6.07, 6.45) is 0. The third kappa shape index (κ3) is 6.11. The third-order valence-electron chi connectivity index (χ3n) is 4.54. The van der Waals surface area contributed by atoms with E-state index in [9.17, 15) is 18.0 Å². The monoisotopic (exact) mass is 533 g/mol. The summed E-state index contributed by atoms with van der Waals surface area (Å²) in [5.41, 5.74) is 0.688. The Morgan fingerprint density at radius 2 is 1.58 bits per heavy atom. The lowest BCUT2D eigenvalue weighted by Crippen LogP contribution is -2.15. The molecule has 0 aliphatic heterocycles. The average molecular weight is 534 g/mol. The van der Waals surface area contributed by atoms with Crippen molar-refractivity contribution >= 4 is 43.4 Å². The van der Waals surface area contributed by atoms with E-state index >= 15 is 0 Å². The molecule has 33 heavy (non-hydrogen) atoms. The van der Waals surface area contributed by atoms with Crippen LogP contribution in [0.3, 0.4) is 0 Å². The predicted molar refractivity (Wildman–Crippen MR) is 126 cm³/mol. The maximum absolute atomic E-state index is 12.5. The topological polar surface area (TPSA) is 108 Å². The fraction of sp³-hybridized carbons (Fsp3) is 0.130. The van der Waals surface area contributed by atoms with Crippen LogP contribution in [-0.4, -0.2) is 41.0 Å². The number of benzene rings is 3. The molecule has 3 rings (SSSR count). The molecular weight excluding hydrogens is 514 g/mol. The minimum Gasteiger partial charge on any atom is -0.497 e. The SMILES string of the molecule is COc1ccc(C(=O)COC(=O)c2ccc(NS(=O)(=O)c3ccc(Br)cc3)cc2)c(OC)c1. The Morgan fingerprint density at radius 3 is 2.18 bits per heavy atom. The van der Waals surface area contributed by atoms with E-state index in [-0.39, 0.29) is 21.7 Å². The second-order valence-corrected chi connectivity index (χ2v) is 9.30. The summed E-state index contributed by atoms with van der Waals surface area (Å²) < 4.78 is 43.5. The second-order valence-electron chi connectivity index (χ2n) is 6.70. The van der Waals surface area contributed by atoms with Gasteiger partial charge < -0.3 is 14.2 Å². The smallest absolute Gasteiger partial charge is 0.338 e. The van der Waals surface area contributed by atoms with E-state index in [1.54, 1.807) is 24.3 Å². The lowest BCUT2D eigenvalue weighted by molar-refractivity contribution is 0.0474. The van der Waals surface area contributed by atoms with Gasteiger partial charge in [-0.25, -0.2) is 13.2 Å². The average Bonchev–Trinajstić information content (AvgIpc) is 2.82. The number of esters is 1. The Labute approximate surface area is 199 Å². The van der Waals surface area contributed by atoms with Crippen LogP contribution >= 0.6 is 15.9 Å². The molecule has 172 valence electrons. The molecule has 0 unspecified atom stereocenters. The molecule has 0 fully saturated rings. The molecule has 0 saturated heterocycles. The van der Waals surface area contributed by atoms with Crippen LogP contribution in [0.5, 0.6) is 11.5 Å². The van der Waals surface area contributed by atoms with Crippen LogP contribution in [0.1, 0.15) is 20.7 Å². The van der Waals surface area contributed by atoms with Gasteiger partial charge in [-0.2, -0.15) is 0 Å². The van der Waals surface area contributed by atoms with E-state index in [0.717, 1.165) is 4.47 Å². The molecule has 0 radical (unpaired) electrons. The molecule has 0 heterocycles. The Kier molecular flexibility index (Phi) is 7.72. The summed E-state index contributed by atoms with van der Waals surface area (Å²) in [7, 11) is -0.864. The first kappa shape index (κ1) is 24.3. The molecule has 0 amide bonds. The molecule has 10 heteroatoms. The van der Waals surface area contributed by atoms with Gasteiger partial charge in [0.25, 0.3) is 10.0 Å². The molecule has 0 aliphatic carbocycles. The van der Waals surface area contributed by atoms with Gasteiger partial charge in [0.15, 0.2) is 6.61 Å². The first-order chi connectivity index (χ1) is 15.7. The van der Waals surface area contributed by atoms with Crippen LogP contribution in [0, 0.1) is 0 Å². The third-order valence-corrected chi connectivity index (χ3v) is 6.47. The van der Waals surface area contributed by atoms with Crippen LogP contribution in [0.2, 0.25) is 0 Å². The first-order valence-corrected chi connectivity index (χ1v) is 11.8. The minimum absolute atomic E-state index is 0.0988. The fourth-order valence-electron chi connectivity index (χ4n) is 2.82. The number of methoxy groups -OCH3 is 2. The highest BCUT2D eigenvalue weighted by Gasteiger charge is 2.17. The van der Waals surface area contributed by atoms with E-state index in [2.05, 4.69) is 20.7 Å². The number of sulfonamides is 1. The van der Waals surface area contributed by atoms with E-state index in [0.29, 0.717) is 11.5 Å². The molecule has 0 atom stereocenters. The molecular formula is C23H20BrNO7S. The van der Waals surface area contributed by atoms with E-state index < -0.39 is 28.4 Å². The highest BCUT2D eigenvalue weighted by Crippen LogP contribution is 2.25. The maximum atomic E-state index is 12.5. The van der Waals surface area contributed by atoms with Gasteiger partial charge in [-0.15, -0.1) is 0 Å². The molecule has 0 aromatic heterocycles. The van der Waals surface area contributed by atoms with Crippen molar-refractivity contribution in [2.24, 2.45) is 0 Å². The van der Waals surface area contributed by atoms with Gasteiger partial charge >= 0.3 is 5.97 Å². The van der Waals surface area contributed by atoms with Crippen LogP contribution in [0.15, 0.2) is 76.1 Å². The highest BCUT2D eigenvalue weighted by molar-refractivity contribution is 9.10. The Balaban J connectivity index is 1.62. The highest BCUT2D eigenvalue weighted by atomic mass is 79.9. The zero-order chi connectivity index (χ0) is 24.0. The minimum atomic E-state index is -3.78. The number of carbonyl (C=O) groups is 2. The van der Waals surface area contributed by atoms with Gasteiger partial charge in [-0.1, -0.05) is 15.9 Å². The molecule has 0 aliphatic rings. The normalized spacial score (nSPS) is 10.9. The Bertz CT molecular complexity index is 1260. The van der Waals surface area contributed by atoms with Crippen molar-refractivity contribution in [1.29, 1.82) is 0 Å². The summed E-state index contributed by atoms with van der Waals surface area (Å²) in [4.78, 5) is 24.9. The number of ketones is 1. The molecule has 8 nitrogen and oxygen atoms in total. The van der Waals surface area contributed by atoms with Crippen molar-refractivity contribution in [1.82, 2.24) is 0 Å². The molecule has 3 aromatic carbocycles. The number of halogens is 1. The van der Waals surface area contributed by atoms with Gasteiger partial charge in [0, 0.05) is 16.2 Å². The first-order valence-electron chi connectivity index (χ1n) is 9.54. The van der Waals surface area contributed by atoms with Crippen LogP contribution in [-0.2, 0) is 14.8 Å². The number of ether oxygens (including phenoxy) is 3. The summed E-state index contributed by atoms with van der Waals surface area (Å²) in [5, 5.41) is 0. The van der Waals surface area contributed by atoms with Crippen molar-refractivity contribution in [2.75, 3.05) is 25.5 Å². The van der Waals surface area contributed by atoms with Crippen molar-refractivity contribution in [3.8, 4) is 11.5 Å². The van der Waals surface area contributed by atoms with Gasteiger partial charge in [0.1, 0.15) is 11.5 Å². The lowest BCUT2D eigenvalue weighted by atomic mass is 10.1. The number of nitrogens with one attached hydrogen (secondary N) is 1. The van der Waals surface area contributed by atoms with Crippen LogP contribution < -0.4 is 14.2 Å². The predicted octanol–water partition coefficient (Wildman–Crippen LogP) is 4.31. The number of Topliss-reactive ketones (excluding diaryl/α,β-unsaturated/α-hetero) is 1. The number of rotatable bonds is 9. The van der Waals surface area contributed by atoms with Crippen LogP contribution in [0.25, 0.3) is 0 Å². The van der Waals surface area contributed by atoms with Crippen molar-refractivity contribution in [3.05, 3.63) is 82.3 Å². The summed E-state index contributed by atoms with van der Waals surface area (Å²) in [6, 6.07) is 16.5. The Morgan fingerprint density at radius 1 is 0.909 bits per heavy atom. The van der Waals surface area contributed by atoms with E-state index in [4.69, 9.17) is 14.2 Å². The summed E-state index contributed by atoms with van der Waals surface area (Å²) >= 11 is 3.26. The number of anilines is 1. The lowest BCUT2D eigenvalue weighted by Gasteiger charge is -2.11. The van der Waals surface area contributed by atoms with E-state index in [1.165, 1.54) is 56.7 Å². The number of hydrogen-bond acceptors (Lipinski definition) is 7. The molecule has 3 aromatic rings. The van der Waals surface area contributed by atoms with Crippen molar-refractivity contribution in [3.63, 3.8) is 0 Å². The largest absolute Gasteiger partial charge is 0.497 e. The van der Waals surface area contributed by atoms with Gasteiger partial charge in [0.05, 0.1) is 30.2 Å². The second kappa shape index (κ2) is 10.5. The van der Waals surface area contributed by atoms with E-state index in [1.807, 2.05) is 0 Å². The van der Waals surface area contributed by atoms with Crippen molar-refractivity contribution in [2.45, 2.75) is 4.90 Å². The summed E-state index contributed by atoms with van der Waals surface area (Å²) in [5.74, 6) is -0.339. The summed E-state index contributed by atoms with van der Waals surface area (Å²) in [6.45, 7) is -0.487. The van der Waals surface area contributed by atoms with Gasteiger partial charge in [0.2, 0.25) is 5.78 Å². The van der Waals surface area contributed by atoms with Gasteiger partial charge in [-0.3, -0.25) is 9.52 Å². The Hall–Kier alpha value is -3.37. The molecule has 1 N–H and O–H groups in total. The number of carbonyl (C=O) groups excluding carboxylic acids is 2. The molecule has 0 saturated carbocycles. The standard InChI is InChI=1S/C23H20BrNO7S/c1-30-18-9-12-20(22(13-18)31-2)21(26)14-32-23(27)15-3-7-17(8-4-15)25-33(28,29)19-10-5-16(24)6-11-19/h3-13,25H,14H2,1-2H3. The quantitative estimate of drug-likeness (QED) is 0.322. The van der Waals surface area contributed by atoms with Crippen LogP contribution in [0.4, 0.5) is 5.69 Å². The molecule has 0 spiro atoms. The molecule has 0 bridgehead atoms. The zero-order valence-corrected chi connectivity index (χ0v) is 20.1. The number of hydrogen-bond donors (Lipinski definition) is 1. The zero-order valence-electron chi connectivity index (χ0n) is 17.7. The van der Waals surface area contributed by atoms with Crippen molar-refractivity contribution < 1.29 is 32.2 Å². The fourth-order valence-corrected chi connectivity index (χ4v) is 4.15. The maximum Gasteiger partial charge on any atom is 0.338 e.